The molecule has 0 aliphatic carbocycles. The number of furan rings is 1. The van der Waals surface area contributed by atoms with Gasteiger partial charge in [0.1, 0.15) is 5.69 Å². The summed E-state index contributed by atoms with van der Waals surface area (Å²) in [6.45, 7) is 3.18. The van der Waals surface area contributed by atoms with Gasteiger partial charge in [0.2, 0.25) is 5.91 Å². The van der Waals surface area contributed by atoms with E-state index in [0.717, 1.165) is 0 Å². The van der Waals surface area contributed by atoms with Crippen LogP contribution >= 0.6 is 0 Å². The molecule has 10 nitrogen and oxygen atoms in total. The summed E-state index contributed by atoms with van der Waals surface area (Å²) in [5.41, 5.74) is 2.81. The SMILES string of the molecule is CC(=O)Nc1cccc(NC(=O)c2cc(-c3ccco3)nc3c2c(C)nn3C2CCS(=O)(=O)C2)c1. The van der Waals surface area contributed by atoms with Crippen LogP contribution in [0.15, 0.2) is 53.1 Å². The van der Waals surface area contributed by atoms with Gasteiger partial charge in [0, 0.05) is 18.3 Å². The van der Waals surface area contributed by atoms with Crippen LogP contribution in [0.1, 0.15) is 35.4 Å². The average molecular weight is 494 g/mol. The molecule has 5 rings (SSSR count). The van der Waals surface area contributed by atoms with E-state index in [1.165, 1.54) is 13.2 Å². The highest BCUT2D eigenvalue weighted by Crippen LogP contribution is 2.32. The zero-order valence-corrected chi connectivity index (χ0v) is 19.9. The molecule has 1 unspecified atom stereocenters. The maximum Gasteiger partial charge on any atom is 0.256 e. The number of nitrogens with one attached hydrogen (secondary N) is 2. The molecule has 0 bridgehead atoms. The summed E-state index contributed by atoms with van der Waals surface area (Å²) < 4.78 is 31.4. The van der Waals surface area contributed by atoms with Crippen molar-refractivity contribution in [3.63, 3.8) is 0 Å². The minimum atomic E-state index is -3.15. The van der Waals surface area contributed by atoms with Crippen LogP contribution in [0.2, 0.25) is 0 Å². The predicted molar refractivity (Wildman–Crippen MR) is 131 cm³/mol. The van der Waals surface area contributed by atoms with Crippen molar-refractivity contribution in [1.29, 1.82) is 0 Å². The Bertz CT molecular complexity index is 1560. The molecule has 1 aliphatic heterocycles. The van der Waals surface area contributed by atoms with Crippen molar-refractivity contribution < 1.29 is 22.4 Å². The number of carbonyl (C=O) groups is 2. The quantitative estimate of drug-likeness (QED) is 0.434. The monoisotopic (exact) mass is 493 g/mol. The molecular weight excluding hydrogens is 470 g/mol. The van der Waals surface area contributed by atoms with Crippen LogP contribution in [0.3, 0.4) is 0 Å². The minimum Gasteiger partial charge on any atom is -0.463 e. The molecule has 0 spiro atoms. The van der Waals surface area contributed by atoms with E-state index >= 15 is 0 Å². The Balaban J connectivity index is 1.60. The zero-order valence-electron chi connectivity index (χ0n) is 19.1. The fourth-order valence-electron chi connectivity index (χ4n) is 4.34. The van der Waals surface area contributed by atoms with Crippen molar-refractivity contribution >= 4 is 44.1 Å². The molecule has 2 N–H and O–H groups in total. The molecule has 35 heavy (non-hydrogen) atoms. The summed E-state index contributed by atoms with van der Waals surface area (Å²) >= 11 is 0. The Morgan fingerprint density at radius 1 is 1.11 bits per heavy atom. The van der Waals surface area contributed by atoms with E-state index in [1.54, 1.807) is 54.1 Å². The predicted octanol–water partition coefficient (Wildman–Crippen LogP) is 3.57. The number of benzene rings is 1. The lowest BCUT2D eigenvalue weighted by molar-refractivity contribution is -0.114. The molecule has 1 fully saturated rings. The molecule has 0 radical (unpaired) electrons. The molecule has 180 valence electrons. The van der Waals surface area contributed by atoms with Gasteiger partial charge in [-0.25, -0.2) is 18.1 Å². The number of hydrogen-bond acceptors (Lipinski definition) is 7. The fourth-order valence-corrected chi connectivity index (χ4v) is 6.03. The molecule has 1 saturated heterocycles. The first kappa shape index (κ1) is 22.8. The summed E-state index contributed by atoms with van der Waals surface area (Å²) in [5, 5.41) is 10.7. The van der Waals surface area contributed by atoms with Gasteiger partial charge in [-0.1, -0.05) is 6.07 Å². The van der Waals surface area contributed by atoms with Gasteiger partial charge in [-0.15, -0.1) is 0 Å². The van der Waals surface area contributed by atoms with E-state index in [1.807, 2.05) is 0 Å². The maximum absolute atomic E-state index is 13.5. The topological polar surface area (TPSA) is 136 Å². The van der Waals surface area contributed by atoms with Gasteiger partial charge in [-0.05, 0) is 49.7 Å². The lowest BCUT2D eigenvalue weighted by Crippen LogP contribution is -2.15. The Labute approximate surface area is 201 Å². The normalized spacial score (nSPS) is 16.9. The molecule has 1 aromatic carbocycles. The Morgan fingerprint density at radius 3 is 2.54 bits per heavy atom. The van der Waals surface area contributed by atoms with Gasteiger partial charge in [-0.3, -0.25) is 9.59 Å². The van der Waals surface area contributed by atoms with E-state index in [-0.39, 0.29) is 23.5 Å². The van der Waals surface area contributed by atoms with Crippen LogP contribution in [0.4, 0.5) is 11.4 Å². The number of sulfone groups is 1. The van der Waals surface area contributed by atoms with E-state index < -0.39 is 15.7 Å². The highest BCUT2D eigenvalue weighted by atomic mass is 32.2. The largest absolute Gasteiger partial charge is 0.463 e. The second-order valence-corrected chi connectivity index (χ2v) is 10.8. The van der Waals surface area contributed by atoms with Crippen LogP contribution in [0, 0.1) is 6.92 Å². The number of anilines is 2. The Morgan fingerprint density at radius 2 is 1.89 bits per heavy atom. The number of nitrogens with zero attached hydrogens (tertiary/aromatic N) is 3. The van der Waals surface area contributed by atoms with Gasteiger partial charge in [0.05, 0.1) is 40.5 Å². The minimum absolute atomic E-state index is 0.0205. The van der Waals surface area contributed by atoms with Gasteiger partial charge >= 0.3 is 0 Å². The summed E-state index contributed by atoms with van der Waals surface area (Å²) in [6.07, 6.45) is 1.95. The Hall–Kier alpha value is -3.99. The number of amides is 2. The second-order valence-electron chi connectivity index (χ2n) is 8.53. The second kappa shape index (κ2) is 8.66. The molecule has 11 heteroatoms. The van der Waals surface area contributed by atoms with Crippen molar-refractivity contribution in [3.05, 3.63) is 60.0 Å². The van der Waals surface area contributed by atoms with Crippen molar-refractivity contribution in [2.24, 2.45) is 0 Å². The third-order valence-corrected chi connectivity index (χ3v) is 7.60. The summed E-state index contributed by atoms with van der Waals surface area (Å²) in [4.78, 5) is 29.6. The zero-order chi connectivity index (χ0) is 24.7. The molecule has 2 amide bonds. The van der Waals surface area contributed by atoms with Gasteiger partial charge in [-0.2, -0.15) is 5.10 Å². The van der Waals surface area contributed by atoms with Crippen LogP contribution in [-0.4, -0.2) is 46.5 Å². The lowest BCUT2D eigenvalue weighted by atomic mass is 10.1. The molecule has 1 atom stereocenters. The third kappa shape index (κ3) is 4.54. The number of aryl methyl sites for hydroxylation is 1. The van der Waals surface area contributed by atoms with Gasteiger partial charge in [0.25, 0.3) is 5.91 Å². The molecule has 1 aliphatic rings. The molecule has 3 aromatic heterocycles. The number of fused-ring (bicyclic) bond motifs is 1. The number of hydrogen-bond donors (Lipinski definition) is 2. The highest BCUT2D eigenvalue weighted by Gasteiger charge is 2.32. The number of rotatable bonds is 5. The molecule has 4 aromatic rings. The molecule has 0 saturated carbocycles. The standard InChI is InChI=1S/C24H23N5O5S/c1-14-22-19(24(31)26-17-6-3-5-16(11-17)25-15(2)30)12-20(21-7-4-9-34-21)27-23(22)29(28-14)18-8-10-35(32,33)13-18/h3-7,9,11-12,18H,8,10,13H2,1-2H3,(H,25,30)(H,26,31). The van der Waals surface area contributed by atoms with Crippen LogP contribution in [-0.2, 0) is 14.6 Å². The summed E-state index contributed by atoms with van der Waals surface area (Å²) in [5.74, 6) is -0.0735. The summed E-state index contributed by atoms with van der Waals surface area (Å²) in [7, 11) is -3.15. The van der Waals surface area contributed by atoms with Crippen LogP contribution in [0.5, 0.6) is 0 Å². The highest BCUT2D eigenvalue weighted by molar-refractivity contribution is 7.91. The first-order chi connectivity index (χ1) is 16.7. The van der Waals surface area contributed by atoms with Crippen molar-refractivity contribution in [1.82, 2.24) is 14.8 Å². The van der Waals surface area contributed by atoms with E-state index in [0.29, 0.717) is 51.5 Å². The molecular formula is C24H23N5O5S. The first-order valence-corrected chi connectivity index (χ1v) is 12.9. The number of pyridine rings is 1. The van der Waals surface area contributed by atoms with Crippen LogP contribution < -0.4 is 10.6 Å². The number of aromatic nitrogens is 3. The third-order valence-electron chi connectivity index (χ3n) is 5.85. The van der Waals surface area contributed by atoms with Crippen molar-refractivity contribution in [2.75, 3.05) is 22.1 Å². The maximum atomic E-state index is 13.5. The fraction of sp³-hybridized carbons (Fsp3) is 0.250. The van der Waals surface area contributed by atoms with Crippen molar-refractivity contribution in [2.45, 2.75) is 26.3 Å². The van der Waals surface area contributed by atoms with Crippen LogP contribution in [0.25, 0.3) is 22.5 Å². The van der Waals surface area contributed by atoms with E-state index in [9.17, 15) is 18.0 Å². The van der Waals surface area contributed by atoms with E-state index in [4.69, 9.17) is 9.40 Å². The molecule has 4 heterocycles. The Kier molecular flexibility index (Phi) is 5.64. The smallest absolute Gasteiger partial charge is 0.256 e. The average Bonchev–Trinajstić information content (AvgIpc) is 3.52. The number of carbonyl (C=O) groups excluding carboxylic acids is 2. The first-order valence-electron chi connectivity index (χ1n) is 11.0. The van der Waals surface area contributed by atoms with Gasteiger partial charge in [0.15, 0.2) is 21.2 Å². The van der Waals surface area contributed by atoms with Gasteiger partial charge < -0.3 is 15.1 Å². The lowest BCUT2D eigenvalue weighted by Gasteiger charge is -2.12. The van der Waals surface area contributed by atoms with E-state index in [2.05, 4.69) is 15.7 Å². The van der Waals surface area contributed by atoms with Crippen molar-refractivity contribution in [3.8, 4) is 11.5 Å². The summed E-state index contributed by atoms with van der Waals surface area (Å²) in [6, 6.07) is 11.6.